The predicted octanol–water partition coefficient (Wildman–Crippen LogP) is 1.86. The average molecular weight is 340 g/mol. The van der Waals surface area contributed by atoms with E-state index in [-0.39, 0.29) is 11.8 Å². The van der Waals surface area contributed by atoms with Crippen LogP contribution in [0.5, 0.6) is 0 Å². The van der Waals surface area contributed by atoms with Gasteiger partial charge in [0.2, 0.25) is 5.91 Å². The highest BCUT2D eigenvalue weighted by atomic mass is 16.2. The molecule has 0 aromatic heterocycles. The Morgan fingerprint density at radius 3 is 2.40 bits per heavy atom. The van der Waals surface area contributed by atoms with Crippen molar-refractivity contribution in [3.63, 3.8) is 0 Å². The van der Waals surface area contributed by atoms with E-state index in [0.717, 1.165) is 18.4 Å². The Morgan fingerprint density at radius 2 is 1.80 bits per heavy atom. The van der Waals surface area contributed by atoms with E-state index in [9.17, 15) is 14.9 Å². The van der Waals surface area contributed by atoms with Crippen LogP contribution in [0.3, 0.4) is 0 Å². The van der Waals surface area contributed by atoms with Gasteiger partial charge < -0.3 is 15.5 Å². The van der Waals surface area contributed by atoms with E-state index < -0.39 is 11.4 Å². The molecule has 132 valence electrons. The summed E-state index contributed by atoms with van der Waals surface area (Å²) in [6.07, 6.45) is 2.89. The van der Waals surface area contributed by atoms with Crippen LogP contribution in [0.4, 0.5) is 4.79 Å². The lowest BCUT2D eigenvalue weighted by molar-refractivity contribution is -0.138. The van der Waals surface area contributed by atoms with Crippen LogP contribution in [-0.2, 0) is 10.2 Å². The molecular formula is C19H24N4O2. The molecule has 2 heterocycles. The Bertz CT molecular complexity index is 674. The van der Waals surface area contributed by atoms with Crippen molar-refractivity contribution in [3.8, 4) is 6.07 Å². The van der Waals surface area contributed by atoms with Gasteiger partial charge in [-0.05, 0) is 31.2 Å². The van der Waals surface area contributed by atoms with Gasteiger partial charge in [-0.1, -0.05) is 30.3 Å². The number of benzene rings is 1. The van der Waals surface area contributed by atoms with Crippen molar-refractivity contribution in [1.29, 1.82) is 5.26 Å². The fraction of sp³-hybridized carbons (Fsp3) is 0.526. The van der Waals surface area contributed by atoms with E-state index in [1.807, 2.05) is 35.2 Å². The first-order chi connectivity index (χ1) is 12.1. The summed E-state index contributed by atoms with van der Waals surface area (Å²) in [7, 11) is 0. The standard InChI is InChI=1S/C19H24N4O2/c20-14-19(16-6-2-1-3-7-16)8-11-22(12-9-19)17(24)15-5-4-10-23(13-15)18(21)25/h1-3,6-7,15H,4-5,8-13H2,(H2,21,25)/t15-/m0/s1. The van der Waals surface area contributed by atoms with Gasteiger partial charge in [0.15, 0.2) is 0 Å². The van der Waals surface area contributed by atoms with E-state index >= 15 is 0 Å². The Kier molecular flexibility index (Phi) is 4.93. The summed E-state index contributed by atoms with van der Waals surface area (Å²) in [5, 5.41) is 9.75. The maximum atomic E-state index is 12.8. The van der Waals surface area contributed by atoms with Gasteiger partial charge in [0.1, 0.15) is 0 Å². The van der Waals surface area contributed by atoms with Crippen molar-refractivity contribution in [2.75, 3.05) is 26.2 Å². The molecule has 0 bridgehead atoms. The molecular weight excluding hydrogens is 316 g/mol. The molecule has 6 heteroatoms. The zero-order valence-corrected chi connectivity index (χ0v) is 14.4. The molecule has 1 aromatic rings. The number of amides is 3. The lowest BCUT2D eigenvalue weighted by Gasteiger charge is -2.40. The molecule has 0 radical (unpaired) electrons. The molecule has 6 nitrogen and oxygen atoms in total. The van der Waals surface area contributed by atoms with Crippen molar-refractivity contribution >= 4 is 11.9 Å². The highest BCUT2D eigenvalue weighted by molar-refractivity contribution is 5.80. The van der Waals surface area contributed by atoms with Crippen LogP contribution in [-0.4, -0.2) is 47.9 Å². The molecule has 1 atom stereocenters. The van der Waals surface area contributed by atoms with Crippen LogP contribution in [0.15, 0.2) is 30.3 Å². The smallest absolute Gasteiger partial charge is 0.314 e. The number of carbonyl (C=O) groups excluding carboxylic acids is 2. The van der Waals surface area contributed by atoms with E-state index in [4.69, 9.17) is 5.73 Å². The number of hydrogen-bond donors (Lipinski definition) is 1. The second-order valence-corrected chi connectivity index (χ2v) is 7.01. The highest BCUT2D eigenvalue weighted by Gasteiger charge is 2.39. The van der Waals surface area contributed by atoms with E-state index in [1.54, 1.807) is 4.90 Å². The molecule has 2 aliphatic rings. The monoisotopic (exact) mass is 340 g/mol. The molecule has 2 aliphatic heterocycles. The number of nitriles is 1. The van der Waals surface area contributed by atoms with Crippen LogP contribution >= 0.6 is 0 Å². The van der Waals surface area contributed by atoms with Gasteiger partial charge in [0.25, 0.3) is 0 Å². The summed E-state index contributed by atoms with van der Waals surface area (Å²) in [5.74, 6) is -0.0851. The summed E-state index contributed by atoms with van der Waals surface area (Å²) in [5.41, 5.74) is 5.87. The number of likely N-dealkylation sites (tertiary alicyclic amines) is 2. The second kappa shape index (κ2) is 7.14. The lowest BCUT2D eigenvalue weighted by atomic mass is 9.74. The van der Waals surface area contributed by atoms with Crippen molar-refractivity contribution in [1.82, 2.24) is 9.80 Å². The fourth-order valence-electron chi connectivity index (χ4n) is 3.97. The number of urea groups is 1. The molecule has 0 spiro atoms. The minimum Gasteiger partial charge on any atom is -0.351 e. The first-order valence-corrected chi connectivity index (χ1v) is 8.86. The molecule has 0 aliphatic carbocycles. The van der Waals surface area contributed by atoms with Crippen molar-refractivity contribution in [2.45, 2.75) is 31.1 Å². The zero-order chi connectivity index (χ0) is 17.9. The number of primary amides is 1. The molecule has 0 saturated carbocycles. The van der Waals surface area contributed by atoms with Gasteiger partial charge in [0.05, 0.1) is 17.4 Å². The largest absolute Gasteiger partial charge is 0.351 e. The summed E-state index contributed by atoms with van der Waals surface area (Å²) in [4.78, 5) is 27.6. The highest BCUT2D eigenvalue weighted by Crippen LogP contribution is 2.35. The van der Waals surface area contributed by atoms with E-state index in [2.05, 4.69) is 6.07 Å². The first-order valence-electron chi connectivity index (χ1n) is 8.86. The summed E-state index contributed by atoms with van der Waals surface area (Å²) >= 11 is 0. The quantitative estimate of drug-likeness (QED) is 0.891. The number of rotatable bonds is 2. The molecule has 2 N–H and O–H groups in total. The van der Waals surface area contributed by atoms with Gasteiger partial charge >= 0.3 is 6.03 Å². The Morgan fingerprint density at radius 1 is 1.12 bits per heavy atom. The number of hydrogen-bond acceptors (Lipinski definition) is 3. The van der Waals surface area contributed by atoms with Crippen molar-refractivity contribution in [3.05, 3.63) is 35.9 Å². The van der Waals surface area contributed by atoms with Crippen LogP contribution in [0.25, 0.3) is 0 Å². The first kappa shape index (κ1) is 17.3. The van der Waals surface area contributed by atoms with Crippen LogP contribution < -0.4 is 5.73 Å². The average Bonchev–Trinajstić information content (AvgIpc) is 2.68. The minimum absolute atomic E-state index is 0.0885. The molecule has 1 aromatic carbocycles. The van der Waals surface area contributed by atoms with Gasteiger partial charge in [-0.2, -0.15) is 5.26 Å². The van der Waals surface area contributed by atoms with Crippen LogP contribution in [0.2, 0.25) is 0 Å². The molecule has 0 unspecified atom stereocenters. The number of carbonyl (C=O) groups is 2. The lowest BCUT2D eigenvalue weighted by Crippen LogP contribution is -2.51. The SMILES string of the molecule is N#CC1(c2ccccc2)CCN(C(=O)[C@H]2CCCN(C(N)=O)C2)CC1. The Labute approximate surface area is 148 Å². The third-order valence-corrected chi connectivity index (χ3v) is 5.55. The summed E-state index contributed by atoms with van der Waals surface area (Å²) in [6.45, 7) is 2.19. The zero-order valence-electron chi connectivity index (χ0n) is 14.4. The third kappa shape index (κ3) is 3.46. The molecule has 3 amide bonds. The topological polar surface area (TPSA) is 90.4 Å². The molecule has 2 saturated heterocycles. The van der Waals surface area contributed by atoms with Gasteiger partial charge in [-0.3, -0.25) is 4.79 Å². The second-order valence-electron chi connectivity index (χ2n) is 7.01. The summed E-state index contributed by atoms with van der Waals surface area (Å²) < 4.78 is 0. The van der Waals surface area contributed by atoms with Crippen molar-refractivity contribution in [2.24, 2.45) is 11.7 Å². The molecule has 2 fully saturated rings. The number of nitrogens with two attached hydrogens (primary N) is 1. The van der Waals surface area contributed by atoms with Gasteiger partial charge in [0, 0.05) is 26.2 Å². The maximum Gasteiger partial charge on any atom is 0.314 e. The van der Waals surface area contributed by atoms with Gasteiger partial charge in [-0.15, -0.1) is 0 Å². The molecule has 25 heavy (non-hydrogen) atoms. The number of nitrogens with zero attached hydrogens (tertiary/aromatic N) is 3. The maximum absolute atomic E-state index is 12.8. The van der Waals surface area contributed by atoms with Crippen LogP contribution in [0, 0.1) is 17.2 Å². The fourth-order valence-corrected chi connectivity index (χ4v) is 3.97. The Hall–Kier alpha value is -2.55. The molecule has 3 rings (SSSR count). The minimum atomic E-state index is -0.510. The Balaban J connectivity index is 1.65. The van der Waals surface area contributed by atoms with Crippen LogP contribution in [0.1, 0.15) is 31.2 Å². The summed E-state index contributed by atoms with van der Waals surface area (Å²) in [6, 6.07) is 11.9. The normalized spacial score (nSPS) is 22.9. The van der Waals surface area contributed by atoms with Crippen molar-refractivity contribution < 1.29 is 9.59 Å². The van der Waals surface area contributed by atoms with Gasteiger partial charge in [-0.25, -0.2) is 4.79 Å². The van der Waals surface area contributed by atoms with E-state index in [1.165, 1.54) is 0 Å². The predicted molar refractivity (Wildman–Crippen MR) is 93.4 cm³/mol. The number of piperidine rings is 2. The third-order valence-electron chi connectivity index (χ3n) is 5.55. The van der Waals surface area contributed by atoms with E-state index in [0.29, 0.717) is 39.0 Å².